The van der Waals surface area contributed by atoms with Crippen molar-refractivity contribution in [3.8, 4) is 5.75 Å². The quantitative estimate of drug-likeness (QED) is 0.843. The van der Waals surface area contributed by atoms with Crippen LogP contribution in [0.4, 0.5) is 0 Å². The van der Waals surface area contributed by atoms with Crippen LogP contribution in [0.25, 0.3) is 0 Å². The minimum Gasteiger partial charge on any atom is -0.508 e. The van der Waals surface area contributed by atoms with E-state index in [-0.39, 0.29) is 5.75 Å². The number of hydrogen-bond donors (Lipinski definition) is 2. The van der Waals surface area contributed by atoms with E-state index in [0.29, 0.717) is 6.54 Å². The van der Waals surface area contributed by atoms with Gasteiger partial charge in [-0.2, -0.15) is 0 Å². The molecule has 2 rings (SSSR count). The average molecular weight is 235 g/mol. The van der Waals surface area contributed by atoms with Crippen LogP contribution in [0, 0.1) is 5.92 Å². The summed E-state index contributed by atoms with van der Waals surface area (Å²) in [5, 5.41) is 19.3. The van der Waals surface area contributed by atoms with E-state index in [1.165, 1.54) is 12.8 Å². The zero-order valence-corrected chi connectivity index (χ0v) is 10.3. The van der Waals surface area contributed by atoms with Gasteiger partial charge in [0.2, 0.25) is 0 Å². The molecule has 2 atom stereocenters. The maximum absolute atomic E-state index is 10.1. The van der Waals surface area contributed by atoms with Crippen molar-refractivity contribution in [3.63, 3.8) is 0 Å². The highest BCUT2D eigenvalue weighted by atomic mass is 16.3. The van der Waals surface area contributed by atoms with Crippen molar-refractivity contribution >= 4 is 0 Å². The Balaban J connectivity index is 1.91. The lowest BCUT2D eigenvalue weighted by Crippen LogP contribution is -2.37. The van der Waals surface area contributed by atoms with Crippen LogP contribution < -0.4 is 0 Å². The minimum absolute atomic E-state index is 0.243. The first kappa shape index (κ1) is 12.4. The van der Waals surface area contributed by atoms with Gasteiger partial charge in [0.1, 0.15) is 5.75 Å². The number of piperidine rings is 1. The van der Waals surface area contributed by atoms with Gasteiger partial charge in [-0.05, 0) is 43.0 Å². The van der Waals surface area contributed by atoms with Gasteiger partial charge in [0.25, 0.3) is 0 Å². The summed E-state index contributed by atoms with van der Waals surface area (Å²) in [5.74, 6) is 0.975. The summed E-state index contributed by atoms with van der Waals surface area (Å²) in [7, 11) is 0. The summed E-state index contributed by atoms with van der Waals surface area (Å²) in [5.41, 5.74) is 0.876. The van der Waals surface area contributed by atoms with Crippen LogP contribution in [-0.2, 0) is 0 Å². The summed E-state index contributed by atoms with van der Waals surface area (Å²) in [4.78, 5) is 2.33. The monoisotopic (exact) mass is 235 g/mol. The zero-order valence-electron chi connectivity index (χ0n) is 10.3. The lowest BCUT2D eigenvalue weighted by atomic mass is 9.99. The van der Waals surface area contributed by atoms with Crippen molar-refractivity contribution in [3.05, 3.63) is 29.8 Å². The number of likely N-dealkylation sites (tertiary alicyclic amines) is 1. The van der Waals surface area contributed by atoms with Gasteiger partial charge in [-0.25, -0.2) is 0 Å². The molecule has 17 heavy (non-hydrogen) atoms. The number of β-amino-alcohol motifs (C(OH)–C–C–N with tert-alkyl or cyclic N) is 1. The molecular formula is C14H21NO2. The van der Waals surface area contributed by atoms with Crippen molar-refractivity contribution in [2.24, 2.45) is 5.92 Å². The van der Waals surface area contributed by atoms with Crippen LogP contribution in [-0.4, -0.2) is 34.7 Å². The number of phenols is 1. The van der Waals surface area contributed by atoms with E-state index in [0.717, 1.165) is 24.6 Å². The highest BCUT2D eigenvalue weighted by molar-refractivity contribution is 5.27. The first-order valence-electron chi connectivity index (χ1n) is 6.34. The predicted molar refractivity (Wildman–Crippen MR) is 67.9 cm³/mol. The van der Waals surface area contributed by atoms with Crippen molar-refractivity contribution in [1.29, 1.82) is 0 Å². The fourth-order valence-electron chi connectivity index (χ4n) is 2.50. The normalized spacial score (nSPS) is 23.5. The first-order chi connectivity index (χ1) is 8.15. The van der Waals surface area contributed by atoms with Crippen LogP contribution in [0.3, 0.4) is 0 Å². The Morgan fingerprint density at radius 3 is 2.71 bits per heavy atom. The smallest absolute Gasteiger partial charge is 0.115 e. The molecule has 3 nitrogen and oxygen atoms in total. The van der Waals surface area contributed by atoms with E-state index in [2.05, 4.69) is 11.8 Å². The Morgan fingerprint density at radius 2 is 2.06 bits per heavy atom. The van der Waals surface area contributed by atoms with E-state index >= 15 is 0 Å². The van der Waals surface area contributed by atoms with Gasteiger partial charge in [0.15, 0.2) is 0 Å². The Bertz CT molecular complexity index is 350. The van der Waals surface area contributed by atoms with Gasteiger partial charge in [-0.1, -0.05) is 19.1 Å². The molecule has 0 saturated carbocycles. The van der Waals surface area contributed by atoms with Crippen LogP contribution >= 0.6 is 0 Å². The maximum Gasteiger partial charge on any atom is 0.115 e. The largest absolute Gasteiger partial charge is 0.508 e. The Labute approximate surface area is 103 Å². The molecule has 0 aliphatic carbocycles. The maximum atomic E-state index is 10.1. The number of aliphatic hydroxyl groups excluding tert-OH is 1. The summed E-state index contributed by atoms with van der Waals surface area (Å²) < 4.78 is 0. The molecule has 1 heterocycles. The highest BCUT2D eigenvalue weighted by Gasteiger charge is 2.19. The van der Waals surface area contributed by atoms with E-state index < -0.39 is 6.10 Å². The van der Waals surface area contributed by atoms with Crippen LogP contribution in [0.1, 0.15) is 31.4 Å². The molecule has 1 aliphatic heterocycles. The number of aromatic hydroxyl groups is 1. The molecule has 1 aromatic carbocycles. The molecule has 1 aliphatic rings. The van der Waals surface area contributed by atoms with Crippen LogP contribution in [0.2, 0.25) is 0 Å². The molecule has 2 N–H and O–H groups in total. The SMILES string of the molecule is CC1CCCN(CC(O)c2ccc(O)cc2)C1. The predicted octanol–water partition coefficient (Wildman–Crippen LogP) is 2.16. The molecular weight excluding hydrogens is 214 g/mol. The Kier molecular flexibility index (Phi) is 4.02. The second kappa shape index (κ2) is 5.52. The third kappa shape index (κ3) is 3.45. The Hall–Kier alpha value is -1.06. The van der Waals surface area contributed by atoms with E-state index in [4.69, 9.17) is 0 Å². The fraction of sp³-hybridized carbons (Fsp3) is 0.571. The average Bonchev–Trinajstić information content (AvgIpc) is 2.29. The molecule has 0 aromatic heterocycles. The van der Waals surface area contributed by atoms with Gasteiger partial charge < -0.3 is 15.1 Å². The molecule has 1 saturated heterocycles. The van der Waals surface area contributed by atoms with Gasteiger partial charge in [-0.3, -0.25) is 0 Å². The van der Waals surface area contributed by atoms with E-state index in [9.17, 15) is 10.2 Å². The lowest BCUT2D eigenvalue weighted by Gasteiger charge is -2.32. The molecule has 0 radical (unpaired) electrons. The van der Waals surface area contributed by atoms with Crippen molar-refractivity contribution in [2.75, 3.05) is 19.6 Å². The molecule has 0 bridgehead atoms. The van der Waals surface area contributed by atoms with Crippen LogP contribution in [0.15, 0.2) is 24.3 Å². The number of aliphatic hydroxyl groups is 1. The fourth-order valence-corrected chi connectivity index (χ4v) is 2.50. The topological polar surface area (TPSA) is 43.7 Å². The number of rotatable bonds is 3. The zero-order chi connectivity index (χ0) is 12.3. The molecule has 3 heteroatoms. The number of benzene rings is 1. The van der Waals surface area contributed by atoms with E-state index in [1.54, 1.807) is 24.3 Å². The van der Waals surface area contributed by atoms with Crippen molar-refractivity contribution in [2.45, 2.75) is 25.9 Å². The third-order valence-electron chi connectivity index (χ3n) is 3.45. The lowest BCUT2D eigenvalue weighted by molar-refractivity contribution is 0.0876. The standard InChI is InChI=1S/C14H21NO2/c1-11-3-2-8-15(9-11)10-14(17)12-4-6-13(16)7-5-12/h4-7,11,14,16-17H,2-3,8-10H2,1H3. The molecule has 0 spiro atoms. The number of hydrogen-bond acceptors (Lipinski definition) is 3. The van der Waals surface area contributed by atoms with Gasteiger partial charge in [0.05, 0.1) is 6.10 Å². The summed E-state index contributed by atoms with van der Waals surface area (Å²) >= 11 is 0. The third-order valence-corrected chi connectivity index (χ3v) is 3.45. The summed E-state index contributed by atoms with van der Waals surface area (Å²) in [6.45, 7) is 5.11. The number of nitrogens with zero attached hydrogens (tertiary/aromatic N) is 1. The first-order valence-corrected chi connectivity index (χ1v) is 6.34. The summed E-state index contributed by atoms with van der Waals surface area (Å²) in [6, 6.07) is 6.81. The molecule has 94 valence electrons. The minimum atomic E-state index is -0.458. The number of phenolic OH excluding ortho intramolecular Hbond substituents is 1. The summed E-state index contributed by atoms with van der Waals surface area (Å²) in [6.07, 6.45) is 2.07. The van der Waals surface area contributed by atoms with Crippen LogP contribution in [0.5, 0.6) is 5.75 Å². The van der Waals surface area contributed by atoms with Gasteiger partial charge >= 0.3 is 0 Å². The van der Waals surface area contributed by atoms with Crippen molar-refractivity contribution < 1.29 is 10.2 Å². The second-order valence-corrected chi connectivity index (χ2v) is 5.11. The molecule has 1 aromatic rings. The van der Waals surface area contributed by atoms with Gasteiger partial charge in [-0.15, -0.1) is 0 Å². The highest BCUT2D eigenvalue weighted by Crippen LogP contribution is 2.21. The van der Waals surface area contributed by atoms with Gasteiger partial charge in [0, 0.05) is 13.1 Å². The molecule has 0 amide bonds. The molecule has 2 unspecified atom stereocenters. The Morgan fingerprint density at radius 1 is 1.35 bits per heavy atom. The second-order valence-electron chi connectivity index (χ2n) is 5.11. The molecule has 1 fully saturated rings. The van der Waals surface area contributed by atoms with E-state index in [1.807, 2.05) is 0 Å². The van der Waals surface area contributed by atoms with Crippen molar-refractivity contribution in [1.82, 2.24) is 4.90 Å².